The summed E-state index contributed by atoms with van der Waals surface area (Å²) in [5.41, 5.74) is 2.04. The van der Waals surface area contributed by atoms with E-state index in [0.717, 1.165) is 11.1 Å². The van der Waals surface area contributed by atoms with E-state index in [-0.39, 0.29) is 20.0 Å². The molecule has 0 saturated carbocycles. The Morgan fingerprint density at radius 2 is 1.76 bits per heavy atom. The Bertz CT molecular complexity index is 648. The van der Waals surface area contributed by atoms with Crippen LogP contribution >= 0.6 is 0 Å². The second kappa shape index (κ2) is 5.85. The van der Waals surface area contributed by atoms with E-state index in [1.807, 2.05) is 6.07 Å². The number of esters is 1. The van der Waals surface area contributed by atoms with Gasteiger partial charge in [-0.05, 0) is 35.4 Å². The van der Waals surface area contributed by atoms with E-state index in [4.69, 9.17) is 19.3 Å². The fraction of sp³-hybridized carbons (Fsp3) is 0.188. The fourth-order valence-electron chi connectivity index (χ4n) is 2.01. The van der Waals surface area contributed by atoms with Crippen molar-refractivity contribution in [1.29, 1.82) is 0 Å². The van der Waals surface area contributed by atoms with Crippen LogP contribution in [-0.4, -0.2) is 17.9 Å². The second-order valence-electron chi connectivity index (χ2n) is 4.62. The Hall–Kier alpha value is -2.53. The van der Waals surface area contributed by atoms with Gasteiger partial charge in [0.2, 0.25) is 6.79 Å². The third-order valence-electron chi connectivity index (χ3n) is 3.18. The van der Waals surface area contributed by atoms with Crippen molar-refractivity contribution in [3.8, 4) is 11.5 Å². The normalized spacial score (nSPS) is 12.2. The van der Waals surface area contributed by atoms with Gasteiger partial charge in [0, 0.05) is 0 Å². The van der Waals surface area contributed by atoms with Gasteiger partial charge in [0.15, 0.2) is 11.5 Å². The Kier molecular flexibility index (Phi) is 3.75. The largest absolute Gasteiger partial charge is 0.457 e. The van der Waals surface area contributed by atoms with Gasteiger partial charge in [-0.3, -0.25) is 0 Å². The molecule has 2 aromatic carbocycles. The topological polar surface area (TPSA) is 65.0 Å². The minimum absolute atomic E-state index is 0.0491. The van der Waals surface area contributed by atoms with E-state index in [1.165, 1.54) is 0 Å². The van der Waals surface area contributed by atoms with Crippen molar-refractivity contribution in [1.82, 2.24) is 0 Å². The summed E-state index contributed by atoms with van der Waals surface area (Å²) in [5, 5.41) is 8.96. The summed E-state index contributed by atoms with van der Waals surface area (Å²) < 4.78 is 15.7. The predicted octanol–water partition coefficient (Wildman–Crippen LogP) is 2.26. The third kappa shape index (κ3) is 2.98. The zero-order chi connectivity index (χ0) is 14.7. The standard InChI is InChI=1S/C16H14O5/c17-8-11-1-4-13(5-2-11)16(18)19-9-12-3-6-14-15(7-12)21-10-20-14/h1-7,17H,8-10H2. The zero-order valence-corrected chi connectivity index (χ0v) is 11.2. The van der Waals surface area contributed by atoms with Gasteiger partial charge < -0.3 is 19.3 Å². The molecule has 1 aliphatic heterocycles. The van der Waals surface area contributed by atoms with E-state index in [9.17, 15) is 4.79 Å². The average molecular weight is 286 g/mol. The van der Waals surface area contributed by atoms with Crippen LogP contribution in [0, 0.1) is 0 Å². The van der Waals surface area contributed by atoms with Crippen LogP contribution in [0.2, 0.25) is 0 Å². The lowest BCUT2D eigenvalue weighted by molar-refractivity contribution is 0.0472. The monoisotopic (exact) mass is 286 g/mol. The van der Waals surface area contributed by atoms with E-state index in [2.05, 4.69) is 0 Å². The van der Waals surface area contributed by atoms with Crippen LogP contribution in [0.3, 0.4) is 0 Å². The molecule has 0 aromatic heterocycles. The van der Waals surface area contributed by atoms with E-state index in [1.54, 1.807) is 36.4 Å². The Morgan fingerprint density at radius 1 is 1.05 bits per heavy atom. The van der Waals surface area contributed by atoms with Crippen molar-refractivity contribution in [2.24, 2.45) is 0 Å². The Balaban J connectivity index is 1.62. The van der Waals surface area contributed by atoms with Crippen molar-refractivity contribution in [3.63, 3.8) is 0 Å². The van der Waals surface area contributed by atoms with Crippen molar-refractivity contribution in [3.05, 3.63) is 59.2 Å². The van der Waals surface area contributed by atoms with Gasteiger partial charge in [-0.1, -0.05) is 18.2 Å². The zero-order valence-electron chi connectivity index (χ0n) is 11.2. The molecule has 3 rings (SSSR count). The first-order valence-electron chi connectivity index (χ1n) is 6.52. The van der Waals surface area contributed by atoms with E-state index < -0.39 is 5.97 Å². The first-order chi connectivity index (χ1) is 10.3. The first kappa shape index (κ1) is 13.5. The van der Waals surface area contributed by atoms with Crippen molar-refractivity contribution in [2.75, 3.05) is 6.79 Å². The minimum atomic E-state index is -0.405. The molecule has 0 saturated heterocycles. The lowest BCUT2D eigenvalue weighted by Gasteiger charge is -2.06. The molecule has 5 heteroatoms. The number of aliphatic hydroxyl groups is 1. The van der Waals surface area contributed by atoms with Gasteiger partial charge in [0.25, 0.3) is 0 Å². The molecule has 1 heterocycles. The number of carbonyl (C=O) groups is 1. The fourth-order valence-corrected chi connectivity index (χ4v) is 2.01. The summed E-state index contributed by atoms with van der Waals surface area (Å²) in [6.45, 7) is 0.333. The van der Waals surface area contributed by atoms with Gasteiger partial charge in [0.05, 0.1) is 12.2 Å². The second-order valence-corrected chi connectivity index (χ2v) is 4.62. The maximum absolute atomic E-state index is 11.9. The number of ether oxygens (including phenoxy) is 3. The van der Waals surface area contributed by atoms with Gasteiger partial charge in [-0.25, -0.2) is 4.79 Å². The third-order valence-corrected chi connectivity index (χ3v) is 3.18. The molecule has 0 aliphatic carbocycles. The molecule has 5 nitrogen and oxygen atoms in total. The molecule has 0 amide bonds. The van der Waals surface area contributed by atoms with Crippen molar-refractivity contribution >= 4 is 5.97 Å². The Morgan fingerprint density at radius 3 is 2.52 bits per heavy atom. The molecule has 2 aromatic rings. The summed E-state index contributed by atoms with van der Waals surface area (Å²) in [4.78, 5) is 11.9. The molecule has 1 N–H and O–H groups in total. The molecule has 0 spiro atoms. The maximum Gasteiger partial charge on any atom is 0.338 e. The van der Waals surface area contributed by atoms with Crippen molar-refractivity contribution < 1.29 is 24.1 Å². The highest BCUT2D eigenvalue weighted by Gasteiger charge is 2.14. The average Bonchev–Trinajstić information content (AvgIpc) is 3.00. The van der Waals surface area contributed by atoms with Crippen LogP contribution in [0.4, 0.5) is 0 Å². The number of hydrogen-bond acceptors (Lipinski definition) is 5. The molecule has 21 heavy (non-hydrogen) atoms. The summed E-state index contributed by atoms with van der Waals surface area (Å²) in [6.07, 6.45) is 0. The highest BCUT2D eigenvalue weighted by molar-refractivity contribution is 5.89. The summed E-state index contributed by atoms with van der Waals surface area (Å²) in [5.74, 6) is 0.956. The number of rotatable bonds is 4. The molecule has 0 bridgehead atoms. The van der Waals surface area contributed by atoms with Gasteiger partial charge in [-0.15, -0.1) is 0 Å². The highest BCUT2D eigenvalue weighted by Crippen LogP contribution is 2.32. The molecular formula is C16H14O5. The first-order valence-corrected chi connectivity index (χ1v) is 6.52. The van der Waals surface area contributed by atoms with Gasteiger partial charge in [0.1, 0.15) is 6.61 Å². The van der Waals surface area contributed by atoms with Crippen LogP contribution < -0.4 is 9.47 Å². The maximum atomic E-state index is 11.9. The van der Waals surface area contributed by atoms with Gasteiger partial charge >= 0.3 is 5.97 Å². The number of fused-ring (bicyclic) bond motifs is 1. The van der Waals surface area contributed by atoms with Crippen molar-refractivity contribution in [2.45, 2.75) is 13.2 Å². The SMILES string of the molecule is O=C(OCc1ccc2c(c1)OCO2)c1ccc(CO)cc1. The van der Waals surface area contributed by atoms with Crippen LogP contribution in [0.25, 0.3) is 0 Å². The molecule has 1 aliphatic rings. The van der Waals surface area contributed by atoms with Crippen LogP contribution in [-0.2, 0) is 18.0 Å². The van der Waals surface area contributed by atoms with Crippen LogP contribution in [0.1, 0.15) is 21.5 Å². The number of aliphatic hydroxyl groups excluding tert-OH is 1. The van der Waals surface area contributed by atoms with Crippen LogP contribution in [0.5, 0.6) is 11.5 Å². The predicted molar refractivity (Wildman–Crippen MR) is 74.0 cm³/mol. The van der Waals surface area contributed by atoms with E-state index in [0.29, 0.717) is 17.1 Å². The quantitative estimate of drug-likeness (QED) is 0.873. The number of benzene rings is 2. The molecule has 0 radical (unpaired) electrons. The lowest BCUT2D eigenvalue weighted by Crippen LogP contribution is -2.05. The summed E-state index contributed by atoms with van der Waals surface area (Å²) in [7, 11) is 0. The highest BCUT2D eigenvalue weighted by atomic mass is 16.7. The Labute approximate surface area is 121 Å². The van der Waals surface area contributed by atoms with E-state index >= 15 is 0 Å². The number of hydrogen-bond donors (Lipinski definition) is 1. The molecular weight excluding hydrogens is 272 g/mol. The molecule has 108 valence electrons. The molecule has 0 unspecified atom stereocenters. The number of carbonyl (C=O) groups excluding carboxylic acids is 1. The van der Waals surface area contributed by atoms with Crippen LogP contribution in [0.15, 0.2) is 42.5 Å². The van der Waals surface area contributed by atoms with Gasteiger partial charge in [-0.2, -0.15) is 0 Å². The molecule has 0 atom stereocenters. The summed E-state index contributed by atoms with van der Waals surface area (Å²) >= 11 is 0. The summed E-state index contributed by atoms with van der Waals surface area (Å²) in [6, 6.07) is 12.1. The minimum Gasteiger partial charge on any atom is -0.457 e. The smallest absolute Gasteiger partial charge is 0.338 e. The lowest BCUT2D eigenvalue weighted by atomic mass is 10.1. The molecule has 0 fully saturated rings.